The lowest BCUT2D eigenvalue weighted by Crippen LogP contribution is -2.23. The fourth-order valence-corrected chi connectivity index (χ4v) is 2.69. The van der Waals surface area contributed by atoms with Crippen LogP contribution < -0.4 is 10.6 Å². The van der Waals surface area contributed by atoms with Crippen molar-refractivity contribution in [3.63, 3.8) is 0 Å². The van der Waals surface area contributed by atoms with Crippen LogP contribution >= 0.6 is 31.9 Å². The molecule has 0 aliphatic carbocycles. The number of nitrogens with one attached hydrogen (secondary N) is 2. The Labute approximate surface area is 166 Å². The van der Waals surface area contributed by atoms with Gasteiger partial charge in [0.25, 0.3) is 0 Å². The molecule has 1 amide bonds. The van der Waals surface area contributed by atoms with E-state index in [2.05, 4.69) is 42.5 Å². The summed E-state index contributed by atoms with van der Waals surface area (Å²) < 4.78 is 27.4. The van der Waals surface area contributed by atoms with E-state index in [1.54, 1.807) is 0 Å². The Morgan fingerprint density at radius 2 is 1.37 bits per heavy atom. The summed E-state index contributed by atoms with van der Waals surface area (Å²) >= 11 is 5.62. The van der Waals surface area contributed by atoms with Crippen LogP contribution in [0, 0.1) is 31.9 Å². The second kappa shape index (κ2) is 8.35. The molecule has 2 N–H and O–H groups in total. The molecule has 0 saturated carbocycles. The first-order chi connectivity index (χ1) is 12.6. The SMILES string of the molecule is O=C(CNc1ccc(Br)c(F)c1[N+](=O)[O-])Nc1ccc(Br)c(F)c1[N+](=O)[O-]. The van der Waals surface area contributed by atoms with E-state index in [0.717, 1.165) is 6.07 Å². The molecule has 0 atom stereocenters. The van der Waals surface area contributed by atoms with Gasteiger partial charge in [0.1, 0.15) is 11.4 Å². The quantitative estimate of drug-likeness (QED) is 0.440. The fourth-order valence-electron chi connectivity index (χ4n) is 2.05. The minimum Gasteiger partial charge on any atom is -0.370 e. The molecule has 0 fully saturated rings. The zero-order valence-electron chi connectivity index (χ0n) is 13.0. The van der Waals surface area contributed by atoms with E-state index in [1.807, 2.05) is 0 Å². The minimum absolute atomic E-state index is 0.134. The number of carbonyl (C=O) groups excluding carboxylic acids is 1. The third-order valence-electron chi connectivity index (χ3n) is 3.22. The highest BCUT2D eigenvalue weighted by Gasteiger charge is 2.25. The van der Waals surface area contributed by atoms with Gasteiger partial charge >= 0.3 is 11.4 Å². The van der Waals surface area contributed by atoms with E-state index in [9.17, 15) is 33.8 Å². The molecule has 142 valence electrons. The van der Waals surface area contributed by atoms with Crippen LogP contribution in [0.3, 0.4) is 0 Å². The molecule has 0 radical (unpaired) electrons. The van der Waals surface area contributed by atoms with Crippen LogP contribution in [0.2, 0.25) is 0 Å². The molecule has 0 saturated heterocycles. The van der Waals surface area contributed by atoms with Crippen molar-refractivity contribution < 1.29 is 23.4 Å². The smallest absolute Gasteiger partial charge is 0.329 e. The number of halogens is 4. The Kier molecular flexibility index (Phi) is 6.38. The van der Waals surface area contributed by atoms with Gasteiger partial charge in [-0.2, -0.15) is 8.78 Å². The van der Waals surface area contributed by atoms with Gasteiger partial charge in [0, 0.05) is 0 Å². The monoisotopic (exact) mass is 508 g/mol. The molecule has 0 aliphatic rings. The van der Waals surface area contributed by atoms with Crippen LogP contribution in [-0.2, 0) is 4.79 Å². The maximum absolute atomic E-state index is 13.9. The number of hydrogen-bond donors (Lipinski definition) is 2. The zero-order chi connectivity index (χ0) is 20.3. The summed E-state index contributed by atoms with van der Waals surface area (Å²) in [7, 11) is 0. The Balaban J connectivity index is 2.20. The fraction of sp³-hybridized carbons (Fsp3) is 0.0714. The lowest BCUT2D eigenvalue weighted by molar-refractivity contribution is -0.386. The van der Waals surface area contributed by atoms with Crippen LogP contribution in [0.4, 0.5) is 31.5 Å². The van der Waals surface area contributed by atoms with Gasteiger partial charge in [0.15, 0.2) is 0 Å². The van der Waals surface area contributed by atoms with Crippen molar-refractivity contribution in [3.8, 4) is 0 Å². The van der Waals surface area contributed by atoms with E-state index < -0.39 is 51.0 Å². The summed E-state index contributed by atoms with van der Waals surface area (Å²) in [5, 5.41) is 26.5. The number of anilines is 2. The van der Waals surface area contributed by atoms with Crippen molar-refractivity contribution >= 4 is 60.5 Å². The first-order valence-electron chi connectivity index (χ1n) is 6.92. The number of amides is 1. The number of hydrogen-bond acceptors (Lipinski definition) is 6. The van der Waals surface area contributed by atoms with Crippen molar-refractivity contribution in [1.29, 1.82) is 0 Å². The van der Waals surface area contributed by atoms with E-state index in [0.29, 0.717) is 0 Å². The molecule has 27 heavy (non-hydrogen) atoms. The normalized spacial score (nSPS) is 10.4. The number of benzene rings is 2. The maximum atomic E-state index is 13.9. The predicted octanol–water partition coefficient (Wildman–Crippen LogP) is 4.36. The molecule has 9 nitrogen and oxygen atoms in total. The highest BCUT2D eigenvalue weighted by Crippen LogP contribution is 2.34. The number of nitro groups is 2. The van der Waals surface area contributed by atoms with E-state index in [-0.39, 0.29) is 14.6 Å². The molecular weight excluding hydrogens is 502 g/mol. The maximum Gasteiger partial charge on any atom is 0.329 e. The molecule has 0 aliphatic heterocycles. The summed E-state index contributed by atoms with van der Waals surface area (Å²) in [6.45, 7) is -0.587. The van der Waals surface area contributed by atoms with E-state index in [4.69, 9.17) is 0 Å². The number of carbonyl (C=O) groups is 1. The Bertz CT molecular complexity index is 958. The summed E-state index contributed by atoms with van der Waals surface area (Å²) in [5.74, 6) is -3.16. The van der Waals surface area contributed by atoms with Gasteiger partial charge in [-0.1, -0.05) is 0 Å². The Morgan fingerprint density at radius 3 is 1.85 bits per heavy atom. The zero-order valence-corrected chi connectivity index (χ0v) is 16.1. The summed E-state index contributed by atoms with van der Waals surface area (Å²) in [5.41, 5.74) is -2.49. The van der Waals surface area contributed by atoms with Crippen molar-refractivity contribution in [1.82, 2.24) is 0 Å². The van der Waals surface area contributed by atoms with Gasteiger partial charge in [-0.3, -0.25) is 25.0 Å². The van der Waals surface area contributed by atoms with Gasteiger partial charge in [-0.05, 0) is 56.1 Å². The average molecular weight is 510 g/mol. The summed E-state index contributed by atoms with van der Waals surface area (Å²) in [4.78, 5) is 32.0. The second-order valence-electron chi connectivity index (χ2n) is 4.93. The van der Waals surface area contributed by atoms with Crippen LogP contribution in [0.1, 0.15) is 0 Å². The summed E-state index contributed by atoms with van der Waals surface area (Å²) in [6, 6.07) is 4.67. The molecule has 0 aromatic heterocycles. The van der Waals surface area contributed by atoms with Gasteiger partial charge in [0.2, 0.25) is 17.5 Å². The lowest BCUT2D eigenvalue weighted by Gasteiger charge is -2.10. The van der Waals surface area contributed by atoms with Gasteiger partial charge in [0.05, 0.1) is 25.3 Å². The predicted molar refractivity (Wildman–Crippen MR) is 98.6 cm³/mol. The van der Waals surface area contributed by atoms with Crippen LogP contribution in [0.25, 0.3) is 0 Å². The summed E-state index contributed by atoms with van der Waals surface area (Å²) in [6.07, 6.45) is 0. The molecule has 2 rings (SSSR count). The molecule has 2 aromatic rings. The first kappa shape index (κ1) is 20.6. The van der Waals surface area contributed by atoms with Crippen LogP contribution in [-0.4, -0.2) is 22.3 Å². The van der Waals surface area contributed by atoms with Crippen LogP contribution in [0.5, 0.6) is 0 Å². The first-order valence-corrected chi connectivity index (χ1v) is 8.50. The molecular formula is C14H8Br2F2N4O5. The number of nitrogens with zero attached hydrogens (tertiary/aromatic N) is 2. The van der Waals surface area contributed by atoms with E-state index in [1.165, 1.54) is 18.2 Å². The van der Waals surface area contributed by atoms with Gasteiger partial charge in [-0.25, -0.2) is 0 Å². The average Bonchev–Trinajstić information content (AvgIpc) is 2.58. The standard InChI is InChI=1S/C14H8Br2F2N4O5/c15-6-1-3-8(13(11(6)17)21(24)25)19-5-10(23)20-9-4-2-7(16)12(18)14(9)22(26)27/h1-4,19H,5H2,(H,20,23). The van der Waals surface area contributed by atoms with E-state index >= 15 is 0 Å². The van der Waals surface area contributed by atoms with Crippen molar-refractivity contribution in [2.45, 2.75) is 0 Å². The molecule has 0 bridgehead atoms. The molecule has 0 heterocycles. The highest BCUT2D eigenvalue weighted by atomic mass is 79.9. The third kappa shape index (κ3) is 4.54. The number of nitro benzene ring substituents is 2. The molecule has 13 heteroatoms. The van der Waals surface area contributed by atoms with Crippen molar-refractivity contribution in [2.24, 2.45) is 0 Å². The lowest BCUT2D eigenvalue weighted by atomic mass is 10.2. The van der Waals surface area contributed by atoms with Crippen molar-refractivity contribution in [2.75, 3.05) is 17.2 Å². The molecule has 0 unspecified atom stereocenters. The largest absolute Gasteiger partial charge is 0.370 e. The second-order valence-corrected chi connectivity index (χ2v) is 6.64. The Morgan fingerprint density at radius 1 is 0.926 bits per heavy atom. The Hall–Kier alpha value is -2.67. The topological polar surface area (TPSA) is 127 Å². The highest BCUT2D eigenvalue weighted by molar-refractivity contribution is 9.10. The third-order valence-corrected chi connectivity index (χ3v) is 4.44. The van der Waals surface area contributed by atoms with Crippen LogP contribution in [0.15, 0.2) is 33.2 Å². The van der Waals surface area contributed by atoms with Gasteiger partial charge in [-0.15, -0.1) is 0 Å². The molecule has 0 spiro atoms. The van der Waals surface area contributed by atoms with Gasteiger partial charge < -0.3 is 10.6 Å². The van der Waals surface area contributed by atoms with Crippen molar-refractivity contribution in [3.05, 3.63) is 65.1 Å². The molecule has 2 aromatic carbocycles. The number of rotatable bonds is 6. The minimum atomic E-state index is -1.17.